The van der Waals surface area contributed by atoms with E-state index in [-0.39, 0.29) is 30.2 Å². The highest BCUT2D eigenvalue weighted by Crippen LogP contribution is 2.28. The van der Waals surface area contributed by atoms with Crippen LogP contribution in [0.2, 0.25) is 10.0 Å². The molecule has 2 amide bonds. The van der Waals surface area contributed by atoms with E-state index < -0.39 is 11.9 Å². The fraction of sp³-hybridized carbons (Fsp3) is 0.440. The fourth-order valence-electron chi connectivity index (χ4n) is 3.96. The van der Waals surface area contributed by atoms with Crippen molar-refractivity contribution in [3.8, 4) is 0 Å². The van der Waals surface area contributed by atoms with Gasteiger partial charge in [0.25, 0.3) is 0 Å². The number of halogens is 3. The van der Waals surface area contributed by atoms with Crippen molar-refractivity contribution in [1.29, 1.82) is 0 Å². The number of rotatable bonds is 9. The van der Waals surface area contributed by atoms with Gasteiger partial charge in [-0.2, -0.15) is 0 Å². The summed E-state index contributed by atoms with van der Waals surface area (Å²) >= 11 is 13.8. The number of hydrogen-bond donors (Lipinski definition) is 1. The van der Waals surface area contributed by atoms with Crippen LogP contribution in [0.5, 0.6) is 0 Å². The van der Waals surface area contributed by atoms with Gasteiger partial charge in [-0.3, -0.25) is 9.59 Å². The maximum atomic E-state index is 14.3. The fourth-order valence-corrected chi connectivity index (χ4v) is 5.60. The molecule has 3 rings (SSSR count). The number of carbonyl (C=O) groups is 2. The molecule has 33 heavy (non-hydrogen) atoms. The van der Waals surface area contributed by atoms with Gasteiger partial charge < -0.3 is 10.2 Å². The van der Waals surface area contributed by atoms with E-state index in [2.05, 4.69) is 5.32 Å². The minimum atomic E-state index is -0.719. The van der Waals surface area contributed by atoms with Crippen LogP contribution in [0.15, 0.2) is 42.5 Å². The maximum Gasteiger partial charge on any atom is 0.242 e. The number of thioether (sulfide) groups is 1. The minimum absolute atomic E-state index is 0.0260. The first-order valence-electron chi connectivity index (χ1n) is 11.2. The van der Waals surface area contributed by atoms with Gasteiger partial charge in [0.05, 0.1) is 5.75 Å². The Morgan fingerprint density at radius 2 is 1.76 bits per heavy atom. The third kappa shape index (κ3) is 7.36. The van der Waals surface area contributed by atoms with Gasteiger partial charge in [-0.15, -0.1) is 11.8 Å². The molecule has 1 fully saturated rings. The maximum absolute atomic E-state index is 14.3. The van der Waals surface area contributed by atoms with E-state index in [4.69, 9.17) is 23.2 Å². The molecule has 2 aromatic rings. The summed E-state index contributed by atoms with van der Waals surface area (Å²) in [5.41, 5.74) is 1.14. The number of amides is 2. The Morgan fingerprint density at radius 3 is 2.42 bits per heavy atom. The third-order valence-corrected chi connectivity index (χ3v) is 7.60. The monoisotopic (exact) mass is 510 g/mol. The molecule has 4 nitrogen and oxygen atoms in total. The van der Waals surface area contributed by atoms with Gasteiger partial charge in [-0.05, 0) is 43.5 Å². The van der Waals surface area contributed by atoms with Crippen LogP contribution in [0.25, 0.3) is 0 Å². The Kier molecular flexibility index (Phi) is 9.90. The van der Waals surface area contributed by atoms with Crippen molar-refractivity contribution >= 4 is 46.8 Å². The van der Waals surface area contributed by atoms with Crippen LogP contribution in [0.4, 0.5) is 4.39 Å². The predicted molar refractivity (Wildman–Crippen MR) is 134 cm³/mol. The Bertz CT molecular complexity index is 949. The summed E-state index contributed by atoms with van der Waals surface area (Å²) < 4.78 is 14.3. The molecule has 0 radical (unpaired) electrons. The molecule has 1 atom stereocenters. The van der Waals surface area contributed by atoms with Gasteiger partial charge in [0.15, 0.2) is 0 Å². The van der Waals surface area contributed by atoms with Gasteiger partial charge in [-0.1, -0.05) is 66.7 Å². The van der Waals surface area contributed by atoms with E-state index in [1.165, 1.54) is 29.1 Å². The second-order valence-electron chi connectivity index (χ2n) is 8.33. The second kappa shape index (κ2) is 12.6. The SMILES string of the molecule is C[C@H](C(=O)NC1CCCCC1)N(Cc1ccccc1F)C(=O)CSCc1c(Cl)cccc1Cl. The van der Waals surface area contributed by atoms with Crippen molar-refractivity contribution in [2.24, 2.45) is 0 Å². The van der Waals surface area contributed by atoms with E-state index in [1.54, 1.807) is 43.3 Å². The molecule has 2 aromatic carbocycles. The molecule has 0 heterocycles. The van der Waals surface area contributed by atoms with E-state index in [1.807, 2.05) is 0 Å². The number of hydrogen-bond acceptors (Lipinski definition) is 3. The largest absolute Gasteiger partial charge is 0.352 e. The Morgan fingerprint density at radius 1 is 1.09 bits per heavy atom. The highest BCUT2D eigenvalue weighted by molar-refractivity contribution is 7.99. The molecule has 178 valence electrons. The first-order chi connectivity index (χ1) is 15.9. The normalized spacial score (nSPS) is 15.2. The van der Waals surface area contributed by atoms with Crippen LogP contribution in [0.1, 0.15) is 50.2 Å². The van der Waals surface area contributed by atoms with E-state index in [9.17, 15) is 14.0 Å². The highest BCUT2D eigenvalue weighted by atomic mass is 35.5. The highest BCUT2D eigenvalue weighted by Gasteiger charge is 2.28. The first-order valence-corrected chi connectivity index (χ1v) is 13.1. The predicted octanol–water partition coefficient (Wildman–Crippen LogP) is 6.23. The van der Waals surface area contributed by atoms with Crippen molar-refractivity contribution in [1.82, 2.24) is 10.2 Å². The molecular weight excluding hydrogens is 482 g/mol. The lowest BCUT2D eigenvalue weighted by Crippen LogP contribution is -2.51. The molecule has 0 spiro atoms. The zero-order valence-electron chi connectivity index (χ0n) is 18.7. The zero-order valence-corrected chi connectivity index (χ0v) is 21.0. The summed E-state index contributed by atoms with van der Waals surface area (Å²) in [7, 11) is 0. The van der Waals surface area contributed by atoms with Crippen LogP contribution in [-0.2, 0) is 21.9 Å². The summed E-state index contributed by atoms with van der Waals surface area (Å²) in [6, 6.07) is 11.0. The lowest BCUT2D eigenvalue weighted by molar-refractivity contribution is -0.139. The van der Waals surface area contributed by atoms with Crippen molar-refractivity contribution < 1.29 is 14.0 Å². The Hall–Kier alpha value is -1.76. The summed E-state index contributed by atoms with van der Waals surface area (Å²) in [5, 5.41) is 4.18. The number of nitrogens with zero attached hydrogens (tertiary/aromatic N) is 1. The average Bonchev–Trinajstić information content (AvgIpc) is 2.80. The van der Waals surface area contributed by atoms with Gasteiger partial charge in [0.1, 0.15) is 11.9 Å². The van der Waals surface area contributed by atoms with E-state index in [0.717, 1.165) is 31.2 Å². The average molecular weight is 511 g/mol. The van der Waals surface area contributed by atoms with Crippen molar-refractivity contribution in [3.05, 3.63) is 69.5 Å². The molecule has 1 N–H and O–H groups in total. The molecule has 8 heteroatoms. The number of carbonyl (C=O) groups excluding carboxylic acids is 2. The summed E-state index contributed by atoms with van der Waals surface area (Å²) in [6.07, 6.45) is 5.28. The quantitative estimate of drug-likeness (QED) is 0.434. The smallest absolute Gasteiger partial charge is 0.242 e. The first kappa shape index (κ1) is 25.9. The molecule has 0 aliphatic heterocycles. The molecule has 0 aromatic heterocycles. The Balaban J connectivity index is 1.69. The number of nitrogens with one attached hydrogen (secondary N) is 1. The van der Waals surface area contributed by atoms with Crippen LogP contribution in [-0.4, -0.2) is 34.6 Å². The van der Waals surface area contributed by atoms with Crippen LogP contribution >= 0.6 is 35.0 Å². The minimum Gasteiger partial charge on any atom is -0.352 e. The van der Waals surface area contributed by atoms with Crippen LogP contribution in [0.3, 0.4) is 0 Å². The molecule has 0 saturated heterocycles. The summed E-state index contributed by atoms with van der Waals surface area (Å²) in [5.74, 6) is -0.258. The molecule has 1 aliphatic carbocycles. The standard InChI is InChI=1S/C25H29Cl2FN2O2S/c1-17(25(32)29-19-9-3-2-4-10-19)30(14-18-8-5-6-13-23(18)28)24(31)16-33-15-20-21(26)11-7-12-22(20)27/h5-8,11-13,17,19H,2-4,9-10,14-16H2,1H3,(H,29,32)/t17-/m1/s1. The van der Waals surface area contributed by atoms with E-state index >= 15 is 0 Å². The number of benzene rings is 2. The lowest BCUT2D eigenvalue weighted by Gasteiger charge is -2.31. The third-order valence-electron chi connectivity index (χ3n) is 5.95. The van der Waals surface area contributed by atoms with Crippen molar-refractivity contribution in [2.45, 2.75) is 63.4 Å². The molecule has 1 saturated carbocycles. The van der Waals surface area contributed by atoms with Crippen molar-refractivity contribution in [3.63, 3.8) is 0 Å². The van der Waals surface area contributed by atoms with Gasteiger partial charge >= 0.3 is 0 Å². The van der Waals surface area contributed by atoms with Crippen LogP contribution < -0.4 is 5.32 Å². The molecule has 1 aliphatic rings. The van der Waals surface area contributed by atoms with Gasteiger partial charge in [0.2, 0.25) is 11.8 Å². The Labute approximate surface area is 209 Å². The van der Waals surface area contributed by atoms with Crippen molar-refractivity contribution in [2.75, 3.05) is 5.75 Å². The van der Waals surface area contributed by atoms with E-state index in [0.29, 0.717) is 21.4 Å². The summed E-state index contributed by atoms with van der Waals surface area (Å²) in [4.78, 5) is 27.6. The summed E-state index contributed by atoms with van der Waals surface area (Å²) in [6.45, 7) is 1.73. The second-order valence-corrected chi connectivity index (χ2v) is 10.1. The molecule has 0 unspecified atom stereocenters. The molecule has 0 bridgehead atoms. The topological polar surface area (TPSA) is 49.4 Å². The van der Waals surface area contributed by atoms with Gasteiger partial charge in [0, 0.05) is 33.9 Å². The zero-order chi connectivity index (χ0) is 23.8. The lowest BCUT2D eigenvalue weighted by atomic mass is 9.95. The molecular formula is C25H29Cl2FN2O2S. The van der Waals surface area contributed by atoms with Gasteiger partial charge in [-0.25, -0.2) is 4.39 Å². The van der Waals surface area contributed by atoms with Crippen LogP contribution in [0, 0.1) is 5.82 Å².